The van der Waals surface area contributed by atoms with Crippen molar-refractivity contribution in [2.45, 2.75) is 52.0 Å². The van der Waals surface area contributed by atoms with E-state index in [0.29, 0.717) is 24.9 Å². The van der Waals surface area contributed by atoms with Crippen LogP contribution in [0.2, 0.25) is 0 Å². The second kappa shape index (κ2) is 8.91. The van der Waals surface area contributed by atoms with Crippen LogP contribution in [0.1, 0.15) is 55.2 Å². The van der Waals surface area contributed by atoms with E-state index in [1.165, 1.54) is 5.56 Å². The molecule has 3 heterocycles. The van der Waals surface area contributed by atoms with Crippen molar-refractivity contribution < 1.29 is 14.3 Å². The molecule has 2 aromatic rings. The van der Waals surface area contributed by atoms with Crippen LogP contribution in [-0.4, -0.2) is 40.5 Å². The number of aromatic nitrogens is 2. The molecule has 2 aliphatic heterocycles. The van der Waals surface area contributed by atoms with Gasteiger partial charge >= 0.3 is 0 Å². The van der Waals surface area contributed by atoms with Crippen LogP contribution in [0.5, 0.6) is 11.6 Å². The summed E-state index contributed by atoms with van der Waals surface area (Å²) in [5, 5.41) is 0. The summed E-state index contributed by atoms with van der Waals surface area (Å²) in [5.74, 6) is 2.24. The molecule has 2 aliphatic rings. The number of rotatable bonds is 4. The molecule has 0 bridgehead atoms. The molecule has 0 saturated carbocycles. The molecule has 0 aliphatic carbocycles. The van der Waals surface area contributed by atoms with Gasteiger partial charge in [0.1, 0.15) is 5.75 Å². The minimum Gasteiger partial charge on any atom is -0.439 e. The van der Waals surface area contributed by atoms with Gasteiger partial charge < -0.3 is 14.4 Å². The van der Waals surface area contributed by atoms with E-state index in [9.17, 15) is 4.79 Å². The van der Waals surface area contributed by atoms with Crippen molar-refractivity contribution >= 4 is 5.91 Å². The zero-order valence-electron chi connectivity index (χ0n) is 17.3. The maximum atomic E-state index is 13.2. The molecule has 0 spiro atoms. The molecule has 29 heavy (non-hydrogen) atoms. The molecule has 4 rings (SSSR count). The van der Waals surface area contributed by atoms with E-state index < -0.39 is 0 Å². The van der Waals surface area contributed by atoms with Crippen LogP contribution >= 0.6 is 0 Å². The quantitative estimate of drug-likeness (QED) is 0.769. The highest BCUT2D eigenvalue weighted by Gasteiger charge is 2.34. The zero-order valence-corrected chi connectivity index (χ0v) is 17.3. The first-order chi connectivity index (χ1) is 14.1. The summed E-state index contributed by atoms with van der Waals surface area (Å²) in [6.07, 6.45) is 4.61. The summed E-state index contributed by atoms with van der Waals surface area (Å²) in [5.41, 5.74) is 2.03. The van der Waals surface area contributed by atoms with Crippen molar-refractivity contribution in [3.8, 4) is 11.6 Å². The molecular weight excluding hydrogens is 366 g/mol. The number of nitrogens with zero attached hydrogens (tertiary/aromatic N) is 3. The molecule has 6 heteroatoms. The first kappa shape index (κ1) is 19.8. The van der Waals surface area contributed by atoms with Gasteiger partial charge in [-0.15, -0.1) is 0 Å². The molecule has 1 aromatic carbocycles. The fraction of sp³-hybridized carbons (Fsp3) is 0.522. The second-order valence-corrected chi connectivity index (χ2v) is 8.05. The van der Waals surface area contributed by atoms with Crippen LogP contribution in [-0.2, 0) is 9.53 Å². The highest BCUT2D eigenvalue weighted by Crippen LogP contribution is 2.33. The van der Waals surface area contributed by atoms with Crippen molar-refractivity contribution in [1.82, 2.24) is 14.9 Å². The van der Waals surface area contributed by atoms with E-state index in [0.717, 1.165) is 50.1 Å². The number of ether oxygens (including phenoxy) is 2. The van der Waals surface area contributed by atoms with E-state index in [4.69, 9.17) is 14.5 Å². The van der Waals surface area contributed by atoms with Crippen molar-refractivity contribution in [2.24, 2.45) is 5.92 Å². The average Bonchev–Trinajstić information content (AvgIpc) is 2.75. The first-order valence-electron chi connectivity index (χ1n) is 10.6. The van der Waals surface area contributed by atoms with Gasteiger partial charge in [0.15, 0.2) is 5.82 Å². The molecule has 0 N–H and O–H groups in total. The molecule has 2 fully saturated rings. The zero-order chi connectivity index (χ0) is 20.2. The molecule has 154 valence electrons. The number of hydrogen-bond donors (Lipinski definition) is 0. The number of carbonyl (C=O) groups excluding carboxylic acids is 1. The Morgan fingerprint density at radius 1 is 1.07 bits per heavy atom. The number of piperidine rings is 1. The maximum Gasteiger partial charge on any atom is 0.226 e. The van der Waals surface area contributed by atoms with Crippen molar-refractivity contribution in [1.29, 1.82) is 0 Å². The van der Waals surface area contributed by atoms with Gasteiger partial charge in [-0.2, -0.15) is 4.98 Å². The molecular formula is C23H29N3O3. The van der Waals surface area contributed by atoms with Crippen LogP contribution in [0, 0.1) is 19.8 Å². The third-order valence-electron chi connectivity index (χ3n) is 5.75. The lowest BCUT2D eigenvalue weighted by Crippen LogP contribution is -2.43. The Kier molecular flexibility index (Phi) is 6.09. The summed E-state index contributed by atoms with van der Waals surface area (Å²) in [6, 6.07) is 9.66. The number of carbonyl (C=O) groups is 1. The van der Waals surface area contributed by atoms with Crippen LogP contribution in [0.4, 0.5) is 0 Å². The number of benzene rings is 1. The Morgan fingerprint density at radius 2 is 1.83 bits per heavy atom. The van der Waals surface area contributed by atoms with Crippen LogP contribution in [0.3, 0.4) is 0 Å². The Hall–Kier alpha value is -2.47. The fourth-order valence-corrected chi connectivity index (χ4v) is 4.13. The highest BCUT2D eigenvalue weighted by molar-refractivity contribution is 5.79. The molecule has 2 saturated heterocycles. The predicted molar refractivity (Wildman–Crippen MR) is 110 cm³/mol. The molecule has 1 unspecified atom stereocenters. The standard InChI is InChI=1S/C23H29N3O3/c1-16-6-8-19(9-7-16)29-21-15-17(2)24-22(25-21)20-5-3-4-12-26(20)23(27)18-10-13-28-14-11-18/h6-9,15,18,20H,3-5,10-14H2,1-2H3. The monoisotopic (exact) mass is 395 g/mol. The van der Waals surface area contributed by atoms with Gasteiger partial charge in [0.25, 0.3) is 0 Å². The van der Waals surface area contributed by atoms with Crippen LogP contribution in [0.25, 0.3) is 0 Å². The lowest BCUT2D eigenvalue weighted by Gasteiger charge is -2.37. The average molecular weight is 396 g/mol. The molecule has 0 radical (unpaired) electrons. The van der Waals surface area contributed by atoms with Gasteiger partial charge in [0.2, 0.25) is 11.8 Å². The van der Waals surface area contributed by atoms with Crippen LogP contribution < -0.4 is 4.74 Å². The van der Waals surface area contributed by atoms with E-state index in [-0.39, 0.29) is 17.9 Å². The molecule has 1 amide bonds. The first-order valence-corrected chi connectivity index (χ1v) is 10.6. The van der Waals surface area contributed by atoms with E-state index in [1.807, 2.05) is 49.1 Å². The fourth-order valence-electron chi connectivity index (χ4n) is 4.13. The lowest BCUT2D eigenvalue weighted by atomic mass is 9.94. The highest BCUT2D eigenvalue weighted by atomic mass is 16.5. The predicted octanol–water partition coefficient (Wildman–Crippen LogP) is 4.37. The third-order valence-corrected chi connectivity index (χ3v) is 5.75. The normalized spacial score (nSPS) is 20.5. The Balaban J connectivity index is 1.56. The van der Waals surface area contributed by atoms with Gasteiger partial charge in [-0.05, 0) is 58.1 Å². The van der Waals surface area contributed by atoms with Crippen molar-refractivity contribution in [2.75, 3.05) is 19.8 Å². The van der Waals surface area contributed by atoms with Crippen molar-refractivity contribution in [3.05, 3.63) is 47.4 Å². The van der Waals surface area contributed by atoms with E-state index in [2.05, 4.69) is 4.98 Å². The second-order valence-electron chi connectivity index (χ2n) is 8.05. The smallest absolute Gasteiger partial charge is 0.226 e. The van der Waals surface area contributed by atoms with Crippen LogP contribution in [0.15, 0.2) is 30.3 Å². The summed E-state index contributed by atoms with van der Waals surface area (Å²) < 4.78 is 11.4. The minimum atomic E-state index is -0.0839. The van der Waals surface area contributed by atoms with Gasteiger partial charge in [0, 0.05) is 37.4 Å². The largest absolute Gasteiger partial charge is 0.439 e. The van der Waals surface area contributed by atoms with Gasteiger partial charge in [-0.1, -0.05) is 17.7 Å². The summed E-state index contributed by atoms with van der Waals surface area (Å²) in [4.78, 5) is 24.6. The Labute approximate surface area is 172 Å². The maximum absolute atomic E-state index is 13.2. The van der Waals surface area contributed by atoms with Crippen molar-refractivity contribution in [3.63, 3.8) is 0 Å². The molecule has 6 nitrogen and oxygen atoms in total. The summed E-state index contributed by atoms with van der Waals surface area (Å²) in [7, 11) is 0. The third kappa shape index (κ3) is 4.75. The lowest BCUT2D eigenvalue weighted by molar-refractivity contribution is -0.142. The summed E-state index contributed by atoms with van der Waals surface area (Å²) in [6.45, 7) is 6.10. The Bertz CT molecular complexity index is 847. The molecule has 1 aromatic heterocycles. The summed E-state index contributed by atoms with van der Waals surface area (Å²) >= 11 is 0. The van der Waals surface area contributed by atoms with E-state index in [1.54, 1.807) is 0 Å². The minimum absolute atomic E-state index is 0.0532. The number of aryl methyl sites for hydroxylation is 2. The SMILES string of the molecule is Cc1ccc(Oc2cc(C)nc(C3CCCCN3C(=O)C3CCOCC3)n2)cc1. The van der Waals surface area contributed by atoms with E-state index >= 15 is 0 Å². The van der Waals surface area contributed by atoms with Gasteiger partial charge in [0.05, 0.1) is 6.04 Å². The topological polar surface area (TPSA) is 64.5 Å². The molecule has 1 atom stereocenters. The number of amides is 1. The number of likely N-dealkylation sites (tertiary alicyclic amines) is 1. The Morgan fingerprint density at radius 3 is 2.59 bits per heavy atom. The number of hydrogen-bond acceptors (Lipinski definition) is 5. The van der Waals surface area contributed by atoms with Gasteiger partial charge in [-0.25, -0.2) is 4.98 Å². The van der Waals surface area contributed by atoms with Gasteiger partial charge in [-0.3, -0.25) is 4.79 Å².